The highest BCUT2D eigenvalue weighted by Crippen LogP contribution is 2.28. The Morgan fingerprint density at radius 2 is 2.27 bits per heavy atom. The Labute approximate surface area is 90.8 Å². The Hall–Kier alpha value is -1.01. The van der Waals surface area contributed by atoms with E-state index in [1.807, 2.05) is 0 Å². The molecule has 1 aliphatic heterocycles. The van der Waals surface area contributed by atoms with Gasteiger partial charge < -0.3 is 14.3 Å². The summed E-state index contributed by atoms with van der Waals surface area (Å²) in [4.78, 5) is 14.4. The second-order valence-corrected chi connectivity index (χ2v) is 4.48. The fourth-order valence-electron chi connectivity index (χ4n) is 1.35. The summed E-state index contributed by atoms with van der Waals surface area (Å²) in [5.41, 5.74) is -0.0374. The number of oxazole rings is 1. The van der Waals surface area contributed by atoms with Gasteiger partial charge in [0, 0.05) is 18.5 Å². The second kappa shape index (κ2) is 4.67. The molecule has 2 rings (SSSR count). The van der Waals surface area contributed by atoms with Crippen molar-refractivity contribution in [2.45, 2.75) is 23.3 Å². The van der Waals surface area contributed by atoms with E-state index in [9.17, 15) is 4.79 Å². The molecule has 0 unspecified atom stereocenters. The highest BCUT2D eigenvalue weighted by atomic mass is 32.2. The summed E-state index contributed by atoms with van der Waals surface area (Å²) in [5.74, 6) is -1.06. The van der Waals surface area contributed by atoms with Gasteiger partial charge in [0.25, 0.3) is 5.22 Å². The number of ether oxygens (including phenoxy) is 1. The Morgan fingerprint density at radius 1 is 1.53 bits per heavy atom. The molecule has 15 heavy (non-hydrogen) atoms. The molecule has 1 aromatic rings. The van der Waals surface area contributed by atoms with E-state index in [-0.39, 0.29) is 5.69 Å². The van der Waals surface area contributed by atoms with Crippen molar-refractivity contribution in [3.63, 3.8) is 0 Å². The van der Waals surface area contributed by atoms with Crippen molar-refractivity contribution in [2.24, 2.45) is 0 Å². The van der Waals surface area contributed by atoms with Gasteiger partial charge in [-0.25, -0.2) is 4.79 Å². The maximum Gasteiger partial charge on any atom is 0.357 e. The zero-order valence-electron chi connectivity index (χ0n) is 8.01. The SMILES string of the molecule is O=C(O)c1coc(SC2CCOCC2)n1. The van der Waals surface area contributed by atoms with E-state index < -0.39 is 5.97 Å². The fraction of sp³-hybridized carbons (Fsp3) is 0.556. The van der Waals surface area contributed by atoms with Crippen molar-refractivity contribution in [1.82, 2.24) is 4.98 Å². The van der Waals surface area contributed by atoms with Gasteiger partial charge in [-0.05, 0) is 12.8 Å². The van der Waals surface area contributed by atoms with Crippen molar-refractivity contribution in [3.8, 4) is 0 Å². The van der Waals surface area contributed by atoms with Crippen molar-refractivity contribution in [2.75, 3.05) is 13.2 Å². The number of rotatable bonds is 3. The molecule has 1 fully saturated rings. The predicted molar refractivity (Wildman–Crippen MR) is 53.2 cm³/mol. The highest BCUT2D eigenvalue weighted by molar-refractivity contribution is 7.99. The molecule has 1 saturated heterocycles. The highest BCUT2D eigenvalue weighted by Gasteiger charge is 2.19. The van der Waals surface area contributed by atoms with Crippen molar-refractivity contribution < 1.29 is 19.1 Å². The van der Waals surface area contributed by atoms with Crippen LogP contribution in [0.5, 0.6) is 0 Å². The molecule has 0 amide bonds. The molecule has 82 valence electrons. The molecule has 2 heterocycles. The largest absolute Gasteiger partial charge is 0.476 e. The van der Waals surface area contributed by atoms with Gasteiger partial charge in [0.15, 0.2) is 5.69 Å². The Bertz CT molecular complexity index is 346. The van der Waals surface area contributed by atoms with Gasteiger partial charge in [0.05, 0.1) is 0 Å². The smallest absolute Gasteiger partial charge is 0.357 e. The predicted octanol–water partition coefficient (Wildman–Crippen LogP) is 1.64. The third-order valence-corrected chi connectivity index (χ3v) is 3.33. The van der Waals surface area contributed by atoms with Crippen molar-refractivity contribution >= 4 is 17.7 Å². The zero-order chi connectivity index (χ0) is 10.7. The van der Waals surface area contributed by atoms with Crippen LogP contribution in [0, 0.1) is 0 Å². The first-order valence-electron chi connectivity index (χ1n) is 4.69. The van der Waals surface area contributed by atoms with E-state index in [1.54, 1.807) is 0 Å². The lowest BCUT2D eigenvalue weighted by Gasteiger charge is -2.19. The molecule has 0 bridgehead atoms. The van der Waals surface area contributed by atoms with Crippen LogP contribution < -0.4 is 0 Å². The lowest BCUT2D eigenvalue weighted by molar-refractivity contribution is 0.0690. The van der Waals surface area contributed by atoms with Crippen LogP contribution in [0.15, 0.2) is 15.9 Å². The van der Waals surface area contributed by atoms with Gasteiger partial charge in [0.2, 0.25) is 0 Å². The second-order valence-electron chi connectivity index (χ2n) is 3.23. The molecule has 1 aromatic heterocycles. The number of thioether (sulfide) groups is 1. The Morgan fingerprint density at radius 3 is 2.87 bits per heavy atom. The van der Waals surface area contributed by atoms with Gasteiger partial charge in [-0.1, -0.05) is 11.8 Å². The number of carbonyl (C=O) groups is 1. The van der Waals surface area contributed by atoms with Crippen molar-refractivity contribution in [3.05, 3.63) is 12.0 Å². The summed E-state index contributed by atoms with van der Waals surface area (Å²) in [6, 6.07) is 0. The van der Waals surface area contributed by atoms with E-state index >= 15 is 0 Å². The van der Waals surface area contributed by atoms with Crippen LogP contribution in [0.2, 0.25) is 0 Å². The molecule has 1 N–H and O–H groups in total. The quantitative estimate of drug-likeness (QED) is 0.849. The maximum atomic E-state index is 10.6. The van der Waals surface area contributed by atoms with Crippen molar-refractivity contribution in [1.29, 1.82) is 0 Å². The Kier molecular flexibility index (Phi) is 3.27. The molecule has 1 aliphatic rings. The normalized spacial score (nSPS) is 17.9. The van der Waals surface area contributed by atoms with Gasteiger partial charge in [-0.2, -0.15) is 4.98 Å². The number of nitrogens with zero attached hydrogens (tertiary/aromatic N) is 1. The first-order valence-corrected chi connectivity index (χ1v) is 5.57. The van der Waals surface area contributed by atoms with Gasteiger partial charge >= 0.3 is 5.97 Å². The molecule has 0 atom stereocenters. The fourth-order valence-corrected chi connectivity index (χ4v) is 2.31. The number of hydrogen-bond donors (Lipinski definition) is 1. The summed E-state index contributed by atoms with van der Waals surface area (Å²) in [6.07, 6.45) is 3.08. The minimum Gasteiger partial charge on any atom is -0.476 e. The first kappa shape index (κ1) is 10.5. The van der Waals surface area contributed by atoms with Crippen LogP contribution in [0.4, 0.5) is 0 Å². The van der Waals surface area contributed by atoms with E-state index in [4.69, 9.17) is 14.3 Å². The number of aromatic nitrogens is 1. The Balaban J connectivity index is 1.94. The summed E-state index contributed by atoms with van der Waals surface area (Å²) < 4.78 is 10.3. The summed E-state index contributed by atoms with van der Waals surface area (Å²) in [5, 5.41) is 9.50. The zero-order valence-corrected chi connectivity index (χ0v) is 8.83. The average molecular weight is 229 g/mol. The van der Waals surface area contributed by atoms with E-state index in [0.717, 1.165) is 26.1 Å². The van der Waals surface area contributed by atoms with Crippen LogP contribution in [0.3, 0.4) is 0 Å². The third-order valence-electron chi connectivity index (χ3n) is 2.14. The minimum atomic E-state index is -1.06. The summed E-state index contributed by atoms with van der Waals surface area (Å²) in [7, 11) is 0. The van der Waals surface area contributed by atoms with Crippen LogP contribution in [-0.2, 0) is 4.74 Å². The summed E-state index contributed by atoms with van der Waals surface area (Å²) in [6.45, 7) is 1.51. The minimum absolute atomic E-state index is 0.0374. The number of aromatic carboxylic acids is 1. The molecule has 6 heteroatoms. The van der Waals surface area contributed by atoms with Gasteiger partial charge in [0.1, 0.15) is 6.26 Å². The number of carboxylic acid groups (broad SMARTS) is 1. The molecule has 5 nitrogen and oxygen atoms in total. The number of carboxylic acids is 1. The standard InChI is InChI=1S/C9H11NO4S/c11-8(12)7-5-14-9(10-7)15-6-1-3-13-4-2-6/h5-6H,1-4H2,(H,11,12). The molecule has 0 saturated carbocycles. The molecule has 0 spiro atoms. The molecule has 0 aliphatic carbocycles. The average Bonchev–Trinajstić information content (AvgIpc) is 2.68. The number of hydrogen-bond acceptors (Lipinski definition) is 5. The van der Waals surface area contributed by atoms with Gasteiger partial charge in [-0.3, -0.25) is 0 Å². The van der Waals surface area contributed by atoms with E-state index in [2.05, 4.69) is 4.98 Å². The molecular formula is C9H11NO4S. The van der Waals surface area contributed by atoms with E-state index in [0.29, 0.717) is 10.5 Å². The van der Waals surface area contributed by atoms with Crippen LogP contribution in [0.25, 0.3) is 0 Å². The molecule has 0 aromatic carbocycles. The van der Waals surface area contributed by atoms with Crippen LogP contribution in [0.1, 0.15) is 23.3 Å². The van der Waals surface area contributed by atoms with Gasteiger partial charge in [-0.15, -0.1) is 0 Å². The lowest BCUT2D eigenvalue weighted by Crippen LogP contribution is -2.17. The van der Waals surface area contributed by atoms with E-state index in [1.165, 1.54) is 18.0 Å². The van der Waals surface area contributed by atoms with Crippen LogP contribution >= 0.6 is 11.8 Å². The maximum absolute atomic E-state index is 10.6. The topological polar surface area (TPSA) is 72.6 Å². The summed E-state index contributed by atoms with van der Waals surface area (Å²) >= 11 is 1.48. The van der Waals surface area contributed by atoms with Crippen LogP contribution in [-0.4, -0.2) is 34.5 Å². The first-order chi connectivity index (χ1) is 7.25. The lowest BCUT2D eigenvalue weighted by atomic mass is 10.2. The molecular weight excluding hydrogens is 218 g/mol. The molecule has 0 radical (unpaired) electrons. The third kappa shape index (κ3) is 2.73. The monoisotopic (exact) mass is 229 g/mol.